The van der Waals surface area contributed by atoms with E-state index in [2.05, 4.69) is 10.3 Å². The van der Waals surface area contributed by atoms with E-state index in [-0.39, 0.29) is 5.82 Å². The molecule has 0 unspecified atom stereocenters. The van der Waals surface area contributed by atoms with Crippen LogP contribution in [0.1, 0.15) is 18.4 Å². The third-order valence-corrected chi connectivity index (χ3v) is 3.01. The van der Waals surface area contributed by atoms with Gasteiger partial charge in [-0.3, -0.25) is 0 Å². The Morgan fingerprint density at radius 2 is 2.00 bits per heavy atom. The Morgan fingerprint density at radius 3 is 2.74 bits per heavy atom. The van der Waals surface area contributed by atoms with Crippen molar-refractivity contribution >= 4 is 0 Å². The fraction of sp³-hybridized carbons (Fsp3) is 0.267. The van der Waals surface area contributed by atoms with Gasteiger partial charge in [-0.2, -0.15) is 0 Å². The number of rotatable bonds is 5. The fourth-order valence-corrected chi connectivity index (χ4v) is 1.79. The highest BCUT2D eigenvalue weighted by Gasteiger charge is 2.19. The van der Waals surface area contributed by atoms with Crippen LogP contribution in [0.4, 0.5) is 4.39 Å². The minimum absolute atomic E-state index is 0.275. The van der Waals surface area contributed by atoms with Crippen LogP contribution in [0, 0.1) is 5.82 Å². The average Bonchev–Trinajstić information content (AvgIpc) is 3.24. The SMILES string of the molecule is Fc1ccc(Oc2cc(CNC3CC3)ccn2)cc1. The summed E-state index contributed by atoms with van der Waals surface area (Å²) in [7, 11) is 0. The van der Waals surface area contributed by atoms with Gasteiger partial charge in [0.2, 0.25) is 5.88 Å². The maximum atomic E-state index is 12.8. The minimum Gasteiger partial charge on any atom is -0.439 e. The van der Waals surface area contributed by atoms with E-state index >= 15 is 0 Å². The lowest BCUT2D eigenvalue weighted by molar-refractivity contribution is 0.460. The zero-order valence-electron chi connectivity index (χ0n) is 10.5. The Morgan fingerprint density at radius 1 is 1.21 bits per heavy atom. The first-order valence-electron chi connectivity index (χ1n) is 6.41. The summed E-state index contributed by atoms with van der Waals surface area (Å²) in [6, 6.07) is 10.5. The molecule has 0 aliphatic heterocycles. The highest BCUT2D eigenvalue weighted by atomic mass is 19.1. The van der Waals surface area contributed by atoms with Gasteiger partial charge < -0.3 is 10.1 Å². The van der Waals surface area contributed by atoms with Crippen LogP contribution in [0.5, 0.6) is 11.6 Å². The molecule has 1 aromatic carbocycles. The number of halogens is 1. The quantitative estimate of drug-likeness (QED) is 0.893. The first-order chi connectivity index (χ1) is 9.29. The molecule has 3 nitrogen and oxygen atoms in total. The summed E-state index contributed by atoms with van der Waals surface area (Å²) in [5.74, 6) is 0.839. The number of pyridine rings is 1. The summed E-state index contributed by atoms with van der Waals surface area (Å²) < 4.78 is 18.4. The van der Waals surface area contributed by atoms with E-state index < -0.39 is 0 Å². The van der Waals surface area contributed by atoms with E-state index in [1.165, 1.54) is 25.0 Å². The molecule has 4 heteroatoms. The average molecular weight is 258 g/mol. The van der Waals surface area contributed by atoms with Crippen molar-refractivity contribution in [3.05, 3.63) is 54.0 Å². The van der Waals surface area contributed by atoms with Crippen molar-refractivity contribution < 1.29 is 9.13 Å². The third-order valence-electron chi connectivity index (χ3n) is 3.01. The van der Waals surface area contributed by atoms with Crippen molar-refractivity contribution in [2.75, 3.05) is 0 Å². The molecular formula is C15H15FN2O. The van der Waals surface area contributed by atoms with Gasteiger partial charge in [-0.05, 0) is 48.7 Å². The van der Waals surface area contributed by atoms with Crippen molar-refractivity contribution in [3.8, 4) is 11.6 Å². The Labute approximate surface area is 111 Å². The lowest BCUT2D eigenvalue weighted by atomic mass is 10.2. The molecule has 1 aliphatic rings. The third kappa shape index (κ3) is 3.51. The standard InChI is InChI=1S/C15H15FN2O/c16-12-1-5-14(6-2-12)19-15-9-11(7-8-17-15)10-18-13-3-4-13/h1-2,5-9,13,18H,3-4,10H2. The van der Waals surface area contributed by atoms with Gasteiger partial charge in [0, 0.05) is 24.8 Å². The molecule has 98 valence electrons. The van der Waals surface area contributed by atoms with E-state index in [1.807, 2.05) is 12.1 Å². The Kier molecular flexibility index (Phi) is 3.42. The second kappa shape index (κ2) is 5.36. The summed E-state index contributed by atoms with van der Waals surface area (Å²) >= 11 is 0. The van der Waals surface area contributed by atoms with E-state index in [9.17, 15) is 4.39 Å². The number of ether oxygens (including phenoxy) is 1. The molecule has 0 atom stereocenters. The largest absolute Gasteiger partial charge is 0.439 e. The Hall–Kier alpha value is -1.94. The maximum Gasteiger partial charge on any atom is 0.219 e. The normalized spacial score (nSPS) is 14.4. The summed E-state index contributed by atoms with van der Waals surface area (Å²) in [5.41, 5.74) is 1.14. The molecule has 1 aromatic heterocycles. The molecule has 1 fully saturated rings. The van der Waals surface area contributed by atoms with Crippen LogP contribution in [0.15, 0.2) is 42.6 Å². The van der Waals surface area contributed by atoms with E-state index in [1.54, 1.807) is 18.3 Å². The molecular weight excluding hydrogens is 243 g/mol. The van der Waals surface area contributed by atoms with E-state index in [0.29, 0.717) is 17.7 Å². The van der Waals surface area contributed by atoms with E-state index in [0.717, 1.165) is 12.1 Å². The maximum absolute atomic E-state index is 12.8. The molecule has 19 heavy (non-hydrogen) atoms. The molecule has 3 rings (SSSR count). The smallest absolute Gasteiger partial charge is 0.219 e. The predicted molar refractivity (Wildman–Crippen MR) is 70.6 cm³/mol. The lowest BCUT2D eigenvalue weighted by Crippen LogP contribution is -2.15. The number of nitrogens with zero attached hydrogens (tertiary/aromatic N) is 1. The van der Waals surface area contributed by atoms with Gasteiger partial charge in [-0.1, -0.05) is 0 Å². The van der Waals surface area contributed by atoms with Gasteiger partial charge in [0.25, 0.3) is 0 Å². The summed E-state index contributed by atoms with van der Waals surface area (Å²) in [4.78, 5) is 4.16. The zero-order chi connectivity index (χ0) is 13.1. The predicted octanol–water partition coefficient (Wildman–Crippen LogP) is 3.27. The topological polar surface area (TPSA) is 34.1 Å². The van der Waals surface area contributed by atoms with Gasteiger partial charge in [-0.15, -0.1) is 0 Å². The molecule has 1 aliphatic carbocycles. The van der Waals surface area contributed by atoms with Crippen LogP contribution in [0.3, 0.4) is 0 Å². The molecule has 2 aromatic rings. The van der Waals surface area contributed by atoms with Crippen molar-refractivity contribution in [3.63, 3.8) is 0 Å². The highest BCUT2D eigenvalue weighted by molar-refractivity contribution is 5.29. The van der Waals surface area contributed by atoms with Crippen LogP contribution in [0.25, 0.3) is 0 Å². The first-order valence-corrected chi connectivity index (χ1v) is 6.41. The molecule has 0 bridgehead atoms. The van der Waals surface area contributed by atoms with Crippen molar-refractivity contribution in [2.45, 2.75) is 25.4 Å². The van der Waals surface area contributed by atoms with Crippen molar-refractivity contribution in [2.24, 2.45) is 0 Å². The molecule has 0 radical (unpaired) electrons. The summed E-state index contributed by atoms with van der Waals surface area (Å²) in [6.07, 6.45) is 4.26. The molecule has 0 spiro atoms. The number of aromatic nitrogens is 1. The monoisotopic (exact) mass is 258 g/mol. The van der Waals surface area contributed by atoms with Crippen molar-refractivity contribution in [1.29, 1.82) is 0 Å². The van der Waals surface area contributed by atoms with Crippen LogP contribution in [0.2, 0.25) is 0 Å². The lowest BCUT2D eigenvalue weighted by Gasteiger charge is -2.07. The second-order valence-corrected chi connectivity index (χ2v) is 4.71. The van der Waals surface area contributed by atoms with Gasteiger partial charge in [0.1, 0.15) is 11.6 Å². The second-order valence-electron chi connectivity index (χ2n) is 4.71. The zero-order valence-corrected chi connectivity index (χ0v) is 10.5. The first kappa shape index (κ1) is 12.1. The van der Waals surface area contributed by atoms with Gasteiger partial charge in [0.05, 0.1) is 0 Å². The van der Waals surface area contributed by atoms with E-state index in [4.69, 9.17) is 4.74 Å². The van der Waals surface area contributed by atoms with Crippen molar-refractivity contribution in [1.82, 2.24) is 10.3 Å². The number of hydrogen-bond acceptors (Lipinski definition) is 3. The molecule has 1 saturated carbocycles. The summed E-state index contributed by atoms with van der Waals surface area (Å²) in [6.45, 7) is 0.826. The molecule has 0 saturated heterocycles. The molecule has 0 amide bonds. The van der Waals surface area contributed by atoms with Crippen LogP contribution < -0.4 is 10.1 Å². The number of benzene rings is 1. The number of nitrogens with one attached hydrogen (secondary N) is 1. The van der Waals surface area contributed by atoms with Crippen LogP contribution in [-0.2, 0) is 6.54 Å². The van der Waals surface area contributed by atoms with Crippen LogP contribution >= 0.6 is 0 Å². The summed E-state index contributed by atoms with van der Waals surface area (Å²) in [5, 5.41) is 3.44. The van der Waals surface area contributed by atoms with Gasteiger partial charge >= 0.3 is 0 Å². The Bertz CT molecular complexity index is 552. The minimum atomic E-state index is -0.275. The number of hydrogen-bond donors (Lipinski definition) is 1. The van der Waals surface area contributed by atoms with Gasteiger partial charge in [0.15, 0.2) is 0 Å². The molecule has 1 N–H and O–H groups in total. The Balaban J connectivity index is 1.66. The molecule has 1 heterocycles. The highest BCUT2D eigenvalue weighted by Crippen LogP contribution is 2.22. The van der Waals surface area contributed by atoms with Gasteiger partial charge in [-0.25, -0.2) is 9.37 Å². The van der Waals surface area contributed by atoms with Crippen LogP contribution in [-0.4, -0.2) is 11.0 Å². The fourth-order valence-electron chi connectivity index (χ4n) is 1.79.